The minimum atomic E-state index is -0.620. The van der Waals surface area contributed by atoms with Crippen LogP contribution in [0.5, 0.6) is 11.5 Å². The maximum atomic E-state index is 14.0. The lowest BCUT2D eigenvalue weighted by Crippen LogP contribution is -2.52. The lowest BCUT2D eigenvalue weighted by molar-refractivity contribution is -0.141. The number of amides is 2. The van der Waals surface area contributed by atoms with E-state index in [0.717, 1.165) is 46.8 Å². The van der Waals surface area contributed by atoms with Crippen molar-refractivity contribution < 1.29 is 19.1 Å². The Morgan fingerprint density at radius 2 is 1.55 bits per heavy atom. The van der Waals surface area contributed by atoms with Gasteiger partial charge >= 0.3 is 0 Å². The van der Waals surface area contributed by atoms with Crippen molar-refractivity contribution in [1.29, 1.82) is 0 Å². The van der Waals surface area contributed by atoms with Crippen LogP contribution in [0.2, 0.25) is 0 Å². The summed E-state index contributed by atoms with van der Waals surface area (Å²) >= 11 is 3.50. The van der Waals surface area contributed by atoms with Gasteiger partial charge in [0.1, 0.15) is 6.04 Å². The highest BCUT2D eigenvalue weighted by molar-refractivity contribution is 9.10. The minimum absolute atomic E-state index is 0.0579. The van der Waals surface area contributed by atoms with Gasteiger partial charge in [-0.05, 0) is 60.2 Å². The van der Waals surface area contributed by atoms with Crippen molar-refractivity contribution in [2.75, 3.05) is 14.2 Å². The van der Waals surface area contributed by atoms with Crippen LogP contribution in [-0.4, -0.2) is 43.0 Å². The van der Waals surface area contributed by atoms with Gasteiger partial charge in [-0.3, -0.25) is 9.59 Å². The van der Waals surface area contributed by atoms with Gasteiger partial charge in [-0.25, -0.2) is 0 Å². The fourth-order valence-corrected chi connectivity index (χ4v) is 5.58. The van der Waals surface area contributed by atoms with E-state index in [1.54, 1.807) is 19.1 Å². The van der Waals surface area contributed by atoms with Crippen LogP contribution in [0.1, 0.15) is 55.2 Å². The summed E-state index contributed by atoms with van der Waals surface area (Å²) < 4.78 is 11.8. The molecule has 6 nitrogen and oxygen atoms in total. The second-order valence-corrected chi connectivity index (χ2v) is 11.3. The number of hydrogen-bond acceptors (Lipinski definition) is 4. The van der Waals surface area contributed by atoms with E-state index in [9.17, 15) is 9.59 Å². The quantitative estimate of drug-likeness (QED) is 0.256. The van der Waals surface area contributed by atoms with Crippen LogP contribution < -0.4 is 14.8 Å². The Labute approximate surface area is 246 Å². The lowest BCUT2D eigenvalue weighted by atomic mass is 9.94. The summed E-state index contributed by atoms with van der Waals surface area (Å²) in [6.07, 6.45) is 6.70. The summed E-state index contributed by atoms with van der Waals surface area (Å²) in [5.74, 6) is 1.15. The van der Waals surface area contributed by atoms with E-state index in [-0.39, 0.29) is 24.3 Å². The van der Waals surface area contributed by atoms with Gasteiger partial charge in [-0.1, -0.05) is 83.7 Å². The zero-order valence-corrected chi connectivity index (χ0v) is 25.0. The molecule has 7 heteroatoms. The Morgan fingerprint density at radius 1 is 0.875 bits per heavy atom. The Bertz CT molecular complexity index is 1240. The average Bonchev–Trinajstić information content (AvgIpc) is 2.99. The summed E-state index contributed by atoms with van der Waals surface area (Å²) in [6, 6.07) is 23.1. The van der Waals surface area contributed by atoms with Crippen molar-refractivity contribution in [3.8, 4) is 11.5 Å². The third kappa shape index (κ3) is 8.34. The highest BCUT2D eigenvalue weighted by Gasteiger charge is 2.31. The van der Waals surface area contributed by atoms with Crippen molar-refractivity contribution in [2.45, 2.75) is 70.0 Å². The predicted octanol–water partition coefficient (Wildman–Crippen LogP) is 6.49. The number of ether oxygens (including phenoxy) is 2. The molecule has 2 amide bonds. The highest BCUT2D eigenvalue weighted by atomic mass is 79.9. The second kappa shape index (κ2) is 14.9. The summed E-state index contributed by atoms with van der Waals surface area (Å²) in [7, 11) is 3.21. The van der Waals surface area contributed by atoms with Crippen LogP contribution in [0.4, 0.5) is 0 Å². The van der Waals surface area contributed by atoms with Gasteiger partial charge in [0.15, 0.2) is 11.5 Å². The second-order valence-electron chi connectivity index (χ2n) is 10.4. The monoisotopic (exact) mass is 606 g/mol. The molecule has 1 saturated carbocycles. The molecule has 1 N–H and O–H groups in total. The van der Waals surface area contributed by atoms with E-state index in [4.69, 9.17) is 9.47 Å². The molecule has 1 atom stereocenters. The number of aryl methyl sites for hydroxylation is 1. The van der Waals surface area contributed by atoms with E-state index in [1.165, 1.54) is 6.42 Å². The number of methoxy groups -OCH3 is 2. The largest absolute Gasteiger partial charge is 0.493 e. The number of hydrogen-bond donors (Lipinski definition) is 1. The number of nitrogens with one attached hydrogen (secondary N) is 1. The molecular formula is C33H39BrN2O4. The van der Waals surface area contributed by atoms with Crippen LogP contribution in [0.15, 0.2) is 77.3 Å². The van der Waals surface area contributed by atoms with Gasteiger partial charge in [-0.15, -0.1) is 0 Å². The number of benzene rings is 3. The van der Waals surface area contributed by atoms with E-state index in [2.05, 4.69) is 21.2 Å². The molecular weight excluding hydrogens is 568 g/mol. The molecule has 0 aliphatic heterocycles. The predicted molar refractivity (Wildman–Crippen MR) is 162 cm³/mol. The first kappa shape index (κ1) is 29.7. The van der Waals surface area contributed by atoms with Gasteiger partial charge in [-0.2, -0.15) is 0 Å². The summed E-state index contributed by atoms with van der Waals surface area (Å²) in [5, 5.41) is 3.30. The van der Waals surface area contributed by atoms with Crippen LogP contribution >= 0.6 is 15.9 Å². The van der Waals surface area contributed by atoms with Crippen molar-refractivity contribution in [3.05, 3.63) is 94.0 Å². The Morgan fingerprint density at radius 3 is 2.23 bits per heavy atom. The fraction of sp³-hybridized carbons (Fsp3) is 0.394. The molecule has 3 aromatic carbocycles. The molecule has 4 rings (SSSR count). The first-order valence-corrected chi connectivity index (χ1v) is 14.8. The van der Waals surface area contributed by atoms with E-state index >= 15 is 0 Å². The third-order valence-electron chi connectivity index (χ3n) is 7.56. The fourth-order valence-electron chi connectivity index (χ4n) is 5.32. The molecule has 0 saturated heterocycles. The molecule has 40 heavy (non-hydrogen) atoms. The highest BCUT2D eigenvalue weighted by Crippen LogP contribution is 2.28. The van der Waals surface area contributed by atoms with Gasteiger partial charge in [0, 0.05) is 29.9 Å². The molecule has 0 bridgehead atoms. The molecule has 212 valence electrons. The van der Waals surface area contributed by atoms with Gasteiger partial charge < -0.3 is 19.7 Å². The number of nitrogens with zero attached hydrogens (tertiary/aromatic N) is 1. The molecule has 1 aliphatic rings. The zero-order valence-electron chi connectivity index (χ0n) is 23.4. The van der Waals surface area contributed by atoms with Crippen LogP contribution in [0.25, 0.3) is 0 Å². The summed E-state index contributed by atoms with van der Waals surface area (Å²) in [4.78, 5) is 29.6. The Balaban J connectivity index is 1.60. The SMILES string of the molecule is COc1ccc(CCC(=O)N(Cc2ccc(Br)cc2)[C@H](Cc2ccccc2)C(=O)NC2CCCCC2)cc1OC. The van der Waals surface area contributed by atoms with Gasteiger partial charge in [0.25, 0.3) is 0 Å². The Kier molecular flexibility index (Phi) is 11.0. The van der Waals surface area contributed by atoms with Crippen LogP contribution in [0.3, 0.4) is 0 Å². The van der Waals surface area contributed by atoms with E-state index < -0.39 is 6.04 Å². The molecule has 0 heterocycles. The standard InChI is InChI=1S/C33H39BrN2O4/c1-39-30-19-15-25(22-31(30)40-2)16-20-32(37)36(23-26-13-17-27(34)18-14-26)29(21-24-9-5-3-6-10-24)33(38)35-28-11-7-4-8-12-28/h3,5-6,9-10,13-15,17-19,22,28-29H,4,7-8,11-12,16,20-21,23H2,1-2H3,(H,35,38)/t29-/m1/s1. The topological polar surface area (TPSA) is 67.9 Å². The van der Waals surface area contributed by atoms with Gasteiger partial charge in [0.2, 0.25) is 11.8 Å². The average molecular weight is 608 g/mol. The van der Waals surface area contributed by atoms with Crippen LogP contribution in [-0.2, 0) is 29.0 Å². The number of carbonyl (C=O) groups excluding carboxylic acids is 2. The molecule has 1 aliphatic carbocycles. The zero-order chi connectivity index (χ0) is 28.3. The maximum Gasteiger partial charge on any atom is 0.243 e. The molecule has 1 fully saturated rings. The number of halogens is 1. The first-order valence-electron chi connectivity index (χ1n) is 14.1. The molecule has 0 unspecified atom stereocenters. The van der Waals surface area contributed by atoms with Gasteiger partial charge in [0.05, 0.1) is 14.2 Å². The summed E-state index contributed by atoms with van der Waals surface area (Å²) in [6.45, 7) is 0.355. The smallest absolute Gasteiger partial charge is 0.243 e. The first-order chi connectivity index (χ1) is 19.5. The third-order valence-corrected chi connectivity index (χ3v) is 8.09. The van der Waals surface area contributed by atoms with Crippen molar-refractivity contribution in [2.24, 2.45) is 0 Å². The summed E-state index contributed by atoms with van der Waals surface area (Å²) in [5.41, 5.74) is 2.98. The lowest BCUT2D eigenvalue weighted by Gasteiger charge is -2.33. The van der Waals surface area contributed by atoms with Crippen molar-refractivity contribution >= 4 is 27.7 Å². The normalized spacial score (nSPS) is 14.3. The van der Waals surface area contributed by atoms with E-state index in [0.29, 0.717) is 30.9 Å². The number of carbonyl (C=O) groups is 2. The minimum Gasteiger partial charge on any atom is -0.493 e. The Hall–Kier alpha value is -3.32. The van der Waals surface area contributed by atoms with Crippen molar-refractivity contribution in [1.82, 2.24) is 10.2 Å². The molecule has 3 aromatic rings. The van der Waals surface area contributed by atoms with E-state index in [1.807, 2.05) is 72.8 Å². The molecule has 0 aromatic heterocycles. The van der Waals surface area contributed by atoms with Crippen LogP contribution in [0, 0.1) is 0 Å². The molecule has 0 radical (unpaired) electrons. The van der Waals surface area contributed by atoms with Crippen molar-refractivity contribution in [3.63, 3.8) is 0 Å². The number of rotatable bonds is 12. The molecule has 0 spiro atoms. The maximum absolute atomic E-state index is 14.0.